The van der Waals surface area contributed by atoms with Gasteiger partial charge in [0.1, 0.15) is 0 Å². The zero-order valence-electron chi connectivity index (χ0n) is 12.2. The molecule has 0 aliphatic carbocycles. The molecule has 0 bridgehead atoms. The molecule has 1 heterocycles. The van der Waals surface area contributed by atoms with Crippen molar-refractivity contribution in [3.63, 3.8) is 0 Å². The summed E-state index contributed by atoms with van der Waals surface area (Å²) in [6.45, 7) is 6.41. The van der Waals surface area contributed by atoms with E-state index in [1.54, 1.807) is 0 Å². The zero-order valence-corrected chi connectivity index (χ0v) is 12.2. The predicted octanol–water partition coefficient (Wildman–Crippen LogP) is 4.37. The van der Waals surface area contributed by atoms with E-state index < -0.39 is 0 Å². The fourth-order valence-electron chi connectivity index (χ4n) is 2.62. The van der Waals surface area contributed by atoms with E-state index in [9.17, 15) is 4.79 Å². The number of pyridine rings is 1. The van der Waals surface area contributed by atoms with Gasteiger partial charge in [0, 0.05) is 16.3 Å². The smallest absolute Gasteiger partial charge is 0.197 e. The molecule has 0 fully saturated rings. The SMILES string of the molecule is CCc1ccc2c(=O)c3cc(C(C)C)ccc3[nH]c2c1. The summed E-state index contributed by atoms with van der Waals surface area (Å²) >= 11 is 0. The van der Waals surface area contributed by atoms with E-state index >= 15 is 0 Å². The molecule has 0 aliphatic heterocycles. The predicted molar refractivity (Wildman–Crippen MR) is 85.5 cm³/mol. The minimum Gasteiger partial charge on any atom is -0.354 e. The van der Waals surface area contributed by atoms with Gasteiger partial charge in [-0.25, -0.2) is 0 Å². The third kappa shape index (κ3) is 2.01. The van der Waals surface area contributed by atoms with E-state index in [1.807, 2.05) is 24.3 Å². The van der Waals surface area contributed by atoms with Crippen molar-refractivity contribution in [1.29, 1.82) is 0 Å². The van der Waals surface area contributed by atoms with Crippen molar-refractivity contribution >= 4 is 21.8 Å². The average molecular weight is 265 g/mol. The molecule has 0 aliphatic rings. The highest BCUT2D eigenvalue weighted by Crippen LogP contribution is 2.21. The van der Waals surface area contributed by atoms with Crippen LogP contribution in [-0.4, -0.2) is 4.98 Å². The third-order valence-corrected chi connectivity index (χ3v) is 3.96. The first kappa shape index (κ1) is 12.9. The van der Waals surface area contributed by atoms with Crippen molar-refractivity contribution in [2.45, 2.75) is 33.1 Å². The van der Waals surface area contributed by atoms with Gasteiger partial charge in [-0.15, -0.1) is 0 Å². The molecule has 0 spiro atoms. The quantitative estimate of drug-likeness (QED) is 0.686. The van der Waals surface area contributed by atoms with Gasteiger partial charge in [-0.1, -0.05) is 32.9 Å². The molecule has 2 aromatic carbocycles. The lowest BCUT2D eigenvalue weighted by Crippen LogP contribution is -2.05. The van der Waals surface area contributed by atoms with E-state index in [1.165, 1.54) is 11.1 Å². The number of aromatic amines is 1. The molecule has 1 N–H and O–H groups in total. The Hall–Kier alpha value is -2.09. The van der Waals surface area contributed by atoms with Crippen molar-refractivity contribution in [3.05, 3.63) is 57.7 Å². The Morgan fingerprint density at radius 2 is 1.80 bits per heavy atom. The number of hydrogen-bond acceptors (Lipinski definition) is 1. The summed E-state index contributed by atoms with van der Waals surface area (Å²) in [5.41, 5.74) is 4.41. The molecule has 3 rings (SSSR count). The van der Waals surface area contributed by atoms with E-state index in [0.29, 0.717) is 5.92 Å². The molecule has 102 valence electrons. The second kappa shape index (κ2) is 4.78. The van der Waals surface area contributed by atoms with Gasteiger partial charge < -0.3 is 4.98 Å². The fraction of sp³-hybridized carbons (Fsp3) is 0.278. The Kier molecular flexibility index (Phi) is 3.09. The monoisotopic (exact) mass is 265 g/mol. The number of H-pyrrole nitrogens is 1. The lowest BCUT2D eigenvalue weighted by molar-refractivity contribution is 0.868. The van der Waals surface area contributed by atoms with Crippen LogP contribution in [0.1, 0.15) is 37.8 Å². The van der Waals surface area contributed by atoms with Gasteiger partial charge in [-0.3, -0.25) is 4.79 Å². The molecule has 2 heteroatoms. The number of aryl methyl sites for hydroxylation is 1. The Morgan fingerprint density at radius 1 is 1.00 bits per heavy atom. The molecule has 0 amide bonds. The Balaban J connectivity index is 2.38. The van der Waals surface area contributed by atoms with E-state index in [-0.39, 0.29) is 5.43 Å². The lowest BCUT2D eigenvalue weighted by Gasteiger charge is -2.08. The summed E-state index contributed by atoms with van der Waals surface area (Å²) < 4.78 is 0. The summed E-state index contributed by atoms with van der Waals surface area (Å²) in [5.74, 6) is 0.428. The highest BCUT2D eigenvalue weighted by Gasteiger charge is 2.08. The largest absolute Gasteiger partial charge is 0.354 e. The Morgan fingerprint density at radius 3 is 2.50 bits per heavy atom. The summed E-state index contributed by atoms with van der Waals surface area (Å²) in [5, 5.41) is 1.56. The lowest BCUT2D eigenvalue weighted by atomic mass is 9.99. The number of rotatable bonds is 2. The number of fused-ring (bicyclic) bond motifs is 2. The maximum absolute atomic E-state index is 12.6. The highest BCUT2D eigenvalue weighted by molar-refractivity contribution is 5.92. The highest BCUT2D eigenvalue weighted by atomic mass is 16.1. The number of aromatic nitrogens is 1. The standard InChI is InChI=1S/C18H19NO/c1-4-12-5-7-14-17(9-12)19-16-8-6-13(11(2)3)10-15(16)18(14)20/h5-11H,4H2,1-3H3,(H,19,20). The first-order chi connectivity index (χ1) is 9.60. The topological polar surface area (TPSA) is 32.9 Å². The van der Waals surface area contributed by atoms with Crippen LogP contribution in [0.4, 0.5) is 0 Å². The van der Waals surface area contributed by atoms with Gasteiger partial charge in [0.15, 0.2) is 5.43 Å². The summed E-state index contributed by atoms with van der Waals surface area (Å²) in [6.07, 6.45) is 0.974. The zero-order chi connectivity index (χ0) is 14.3. The normalized spacial score (nSPS) is 11.6. The van der Waals surface area contributed by atoms with Crippen molar-refractivity contribution in [1.82, 2.24) is 4.98 Å². The van der Waals surface area contributed by atoms with Crippen molar-refractivity contribution < 1.29 is 0 Å². The molecule has 1 aromatic heterocycles. The molecule has 0 atom stereocenters. The second-order valence-electron chi connectivity index (χ2n) is 5.65. The van der Waals surface area contributed by atoms with E-state index in [4.69, 9.17) is 0 Å². The first-order valence-electron chi connectivity index (χ1n) is 7.18. The van der Waals surface area contributed by atoms with Gasteiger partial charge in [0.2, 0.25) is 0 Å². The summed E-state index contributed by atoms with van der Waals surface area (Å²) in [7, 11) is 0. The van der Waals surface area contributed by atoms with Crippen LogP contribution in [0.15, 0.2) is 41.2 Å². The van der Waals surface area contributed by atoms with E-state index in [0.717, 1.165) is 28.2 Å². The van der Waals surface area contributed by atoms with Crippen LogP contribution in [0.5, 0.6) is 0 Å². The van der Waals surface area contributed by atoms with Gasteiger partial charge in [-0.05, 0) is 47.7 Å². The third-order valence-electron chi connectivity index (χ3n) is 3.96. The molecular weight excluding hydrogens is 246 g/mol. The summed E-state index contributed by atoms with van der Waals surface area (Å²) in [4.78, 5) is 16.0. The second-order valence-corrected chi connectivity index (χ2v) is 5.65. The first-order valence-corrected chi connectivity index (χ1v) is 7.18. The van der Waals surface area contributed by atoms with Crippen LogP contribution in [0.3, 0.4) is 0 Å². The molecule has 0 unspecified atom stereocenters. The van der Waals surface area contributed by atoms with Gasteiger partial charge in [-0.2, -0.15) is 0 Å². The van der Waals surface area contributed by atoms with Crippen molar-refractivity contribution in [2.24, 2.45) is 0 Å². The summed E-state index contributed by atoms with van der Waals surface area (Å²) in [6, 6.07) is 12.2. The van der Waals surface area contributed by atoms with Crippen LogP contribution in [0.2, 0.25) is 0 Å². The van der Waals surface area contributed by atoms with Gasteiger partial charge in [0.05, 0.1) is 5.52 Å². The van der Waals surface area contributed by atoms with Crippen LogP contribution >= 0.6 is 0 Å². The van der Waals surface area contributed by atoms with Crippen LogP contribution in [-0.2, 0) is 6.42 Å². The van der Waals surface area contributed by atoms with E-state index in [2.05, 4.69) is 37.9 Å². The molecular formula is C18H19NO. The maximum atomic E-state index is 12.6. The van der Waals surface area contributed by atoms with Crippen molar-refractivity contribution in [3.8, 4) is 0 Å². The molecule has 3 aromatic rings. The number of nitrogens with one attached hydrogen (secondary N) is 1. The molecule has 0 saturated carbocycles. The average Bonchev–Trinajstić information content (AvgIpc) is 2.46. The Labute approximate surface area is 118 Å². The van der Waals surface area contributed by atoms with Crippen LogP contribution in [0.25, 0.3) is 21.8 Å². The number of hydrogen-bond donors (Lipinski definition) is 1. The molecule has 2 nitrogen and oxygen atoms in total. The maximum Gasteiger partial charge on any atom is 0.197 e. The molecule has 20 heavy (non-hydrogen) atoms. The molecule has 0 saturated heterocycles. The Bertz CT molecular complexity index is 843. The molecule has 0 radical (unpaired) electrons. The fourth-order valence-corrected chi connectivity index (χ4v) is 2.62. The van der Waals surface area contributed by atoms with Crippen LogP contribution in [0, 0.1) is 0 Å². The number of benzene rings is 2. The van der Waals surface area contributed by atoms with Gasteiger partial charge >= 0.3 is 0 Å². The van der Waals surface area contributed by atoms with Crippen molar-refractivity contribution in [2.75, 3.05) is 0 Å². The minimum absolute atomic E-state index is 0.124. The minimum atomic E-state index is 0.124. The van der Waals surface area contributed by atoms with Crippen LogP contribution < -0.4 is 5.43 Å². The van der Waals surface area contributed by atoms with Gasteiger partial charge in [0.25, 0.3) is 0 Å².